The number of ether oxygens (including phenoxy) is 1. The Morgan fingerprint density at radius 2 is 1.71 bits per heavy atom. The molecule has 0 saturated carbocycles. The molecule has 1 N–H and O–H groups in total. The molecule has 1 heterocycles. The number of carbonyl (C=O) groups is 2. The molecule has 34 heavy (non-hydrogen) atoms. The summed E-state index contributed by atoms with van der Waals surface area (Å²) in [6, 6.07) is 21.2. The van der Waals surface area contributed by atoms with Gasteiger partial charge in [0.25, 0.3) is 11.5 Å². The van der Waals surface area contributed by atoms with Crippen molar-refractivity contribution >= 4 is 34.5 Å². The highest BCUT2D eigenvalue weighted by Crippen LogP contribution is 2.22. The zero-order valence-electron chi connectivity index (χ0n) is 18.8. The van der Waals surface area contributed by atoms with E-state index in [0.717, 1.165) is 23.7 Å². The number of fused-ring (bicyclic) bond motifs is 1. The fraction of sp³-hybridized carbons (Fsp3) is 0.154. The number of nitrogens with one attached hydrogen (secondary N) is 1. The number of imide groups is 1. The van der Waals surface area contributed by atoms with Crippen molar-refractivity contribution in [2.24, 2.45) is 0 Å². The van der Waals surface area contributed by atoms with Gasteiger partial charge in [0.1, 0.15) is 5.75 Å². The maximum absolute atomic E-state index is 13.3. The molecule has 0 unspecified atom stereocenters. The number of carbonyl (C=O) groups excluding carboxylic acids is 2. The van der Waals surface area contributed by atoms with Gasteiger partial charge >= 0.3 is 0 Å². The minimum absolute atomic E-state index is 0.0836. The van der Waals surface area contributed by atoms with Gasteiger partial charge in [-0.05, 0) is 60.5 Å². The summed E-state index contributed by atoms with van der Waals surface area (Å²) in [5.41, 5.74) is 2.49. The standard InChI is InChI=1S/C26H23N3O4S/c1-3-17-8-12-19(13-9-17)29-25(32)21-6-4-5-7-22(21)27-26(29)34-16-23(30)28-24(31)18-10-14-20(33-2)15-11-18/h4-15H,3,16H2,1-2H3,(H,28,30,31). The van der Waals surface area contributed by atoms with Gasteiger partial charge < -0.3 is 4.74 Å². The minimum atomic E-state index is -0.507. The van der Waals surface area contributed by atoms with E-state index in [1.165, 1.54) is 11.7 Å². The molecule has 0 aliphatic rings. The van der Waals surface area contributed by atoms with E-state index >= 15 is 0 Å². The van der Waals surface area contributed by atoms with Gasteiger partial charge in [0.2, 0.25) is 5.91 Å². The number of amides is 2. The molecule has 0 aliphatic heterocycles. The van der Waals surface area contributed by atoms with Gasteiger partial charge in [-0.3, -0.25) is 24.3 Å². The average Bonchev–Trinajstić information content (AvgIpc) is 2.87. The molecule has 7 nitrogen and oxygen atoms in total. The van der Waals surface area contributed by atoms with E-state index in [2.05, 4.69) is 17.2 Å². The number of para-hydroxylation sites is 1. The highest BCUT2D eigenvalue weighted by molar-refractivity contribution is 7.99. The number of benzene rings is 3. The first-order chi connectivity index (χ1) is 16.5. The smallest absolute Gasteiger partial charge is 0.266 e. The highest BCUT2D eigenvalue weighted by Gasteiger charge is 2.16. The van der Waals surface area contributed by atoms with Crippen molar-refractivity contribution in [2.75, 3.05) is 12.9 Å². The molecule has 0 bridgehead atoms. The lowest BCUT2D eigenvalue weighted by molar-refractivity contribution is -0.117. The van der Waals surface area contributed by atoms with Gasteiger partial charge in [-0.1, -0.05) is 43.0 Å². The van der Waals surface area contributed by atoms with E-state index in [9.17, 15) is 14.4 Å². The summed E-state index contributed by atoms with van der Waals surface area (Å²) in [5.74, 6) is -0.459. The fourth-order valence-electron chi connectivity index (χ4n) is 3.42. The summed E-state index contributed by atoms with van der Waals surface area (Å²) in [7, 11) is 1.54. The number of aryl methyl sites for hydroxylation is 1. The first-order valence-electron chi connectivity index (χ1n) is 10.7. The molecule has 8 heteroatoms. The van der Waals surface area contributed by atoms with Crippen molar-refractivity contribution in [2.45, 2.75) is 18.5 Å². The second-order valence-corrected chi connectivity index (χ2v) is 8.41. The molecule has 0 fully saturated rings. The molecule has 4 aromatic rings. The van der Waals surface area contributed by atoms with Crippen LogP contribution >= 0.6 is 11.8 Å². The van der Waals surface area contributed by atoms with Crippen LogP contribution in [0.1, 0.15) is 22.8 Å². The Hall–Kier alpha value is -3.91. The Morgan fingerprint density at radius 1 is 1.00 bits per heavy atom. The largest absolute Gasteiger partial charge is 0.497 e. The predicted molar refractivity (Wildman–Crippen MR) is 133 cm³/mol. The summed E-state index contributed by atoms with van der Waals surface area (Å²) in [6.07, 6.45) is 0.884. The third-order valence-electron chi connectivity index (χ3n) is 5.29. The Bertz CT molecular complexity index is 1400. The summed E-state index contributed by atoms with van der Waals surface area (Å²) >= 11 is 1.10. The Morgan fingerprint density at radius 3 is 2.38 bits per heavy atom. The SMILES string of the molecule is CCc1ccc(-n2c(SCC(=O)NC(=O)c3ccc(OC)cc3)nc3ccccc3c2=O)cc1. The van der Waals surface area contributed by atoms with Crippen LogP contribution in [0.5, 0.6) is 5.75 Å². The Kier molecular flexibility index (Phi) is 7.08. The quantitative estimate of drug-likeness (QED) is 0.322. The molecule has 2 amide bonds. The predicted octanol–water partition coefficient (Wildman–Crippen LogP) is 4.01. The lowest BCUT2D eigenvalue weighted by Gasteiger charge is -2.13. The molecule has 4 rings (SSSR count). The first kappa shape index (κ1) is 23.3. The molecule has 0 aliphatic carbocycles. The van der Waals surface area contributed by atoms with Crippen LogP contribution in [-0.4, -0.2) is 34.2 Å². The fourth-order valence-corrected chi connectivity index (χ4v) is 4.24. The lowest BCUT2D eigenvalue weighted by atomic mass is 10.1. The van der Waals surface area contributed by atoms with E-state index in [4.69, 9.17) is 4.74 Å². The zero-order chi connectivity index (χ0) is 24.1. The van der Waals surface area contributed by atoms with E-state index < -0.39 is 11.8 Å². The number of aromatic nitrogens is 2. The summed E-state index contributed by atoms with van der Waals surface area (Å²) in [5, 5.41) is 3.24. The Balaban J connectivity index is 1.58. The van der Waals surface area contributed by atoms with Crippen molar-refractivity contribution in [3.8, 4) is 11.4 Å². The highest BCUT2D eigenvalue weighted by atomic mass is 32.2. The zero-order valence-corrected chi connectivity index (χ0v) is 19.6. The van der Waals surface area contributed by atoms with Crippen molar-refractivity contribution < 1.29 is 14.3 Å². The number of hydrogen-bond acceptors (Lipinski definition) is 6. The molecule has 172 valence electrons. The van der Waals surface area contributed by atoms with Gasteiger partial charge in [0.15, 0.2) is 5.16 Å². The van der Waals surface area contributed by atoms with E-state index in [-0.39, 0.29) is 11.3 Å². The van der Waals surface area contributed by atoms with Gasteiger partial charge in [0, 0.05) is 5.56 Å². The van der Waals surface area contributed by atoms with E-state index in [1.807, 2.05) is 30.3 Å². The molecule has 0 saturated heterocycles. The van der Waals surface area contributed by atoms with Crippen LogP contribution in [0.2, 0.25) is 0 Å². The van der Waals surface area contributed by atoms with Crippen LogP contribution in [0.25, 0.3) is 16.6 Å². The number of hydrogen-bond donors (Lipinski definition) is 1. The maximum atomic E-state index is 13.3. The lowest BCUT2D eigenvalue weighted by Crippen LogP contribution is -2.32. The van der Waals surface area contributed by atoms with Crippen LogP contribution in [0.15, 0.2) is 82.7 Å². The van der Waals surface area contributed by atoms with Crippen LogP contribution < -0.4 is 15.6 Å². The summed E-state index contributed by atoms with van der Waals surface area (Å²) in [6.45, 7) is 2.06. The van der Waals surface area contributed by atoms with Gasteiger partial charge in [-0.15, -0.1) is 0 Å². The number of nitrogens with zero attached hydrogens (tertiary/aromatic N) is 2. The second-order valence-electron chi connectivity index (χ2n) is 7.47. The summed E-state index contributed by atoms with van der Waals surface area (Å²) in [4.78, 5) is 42.8. The van der Waals surface area contributed by atoms with Gasteiger partial charge in [0.05, 0.1) is 29.5 Å². The number of rotatable bonds is 7. The van der Waals surface area contributed by atoms with Crippen LogP contribution in [0.3, 0.4) is 0 Å². The topological polar surface area (TPSA) is 90.3 Å². The van der Waals surface area contributed by atoms with Crippen molar-refractivity contribution in [3.63, 3.8) is 0 Å². The minimum Gasteiger partial charge on any atom is -0.497 e. The van der Waals surface area contributed by atoms with Crippen molar-refractivity contribution in [3.05, 3.63) is 94.3 Å². The van der Waals surface area contributed by atoms with E-state index in [0.29, 0.717) is 33.1 Å². The molecule has 0 radical (unpaired) electrons. The molecule has 1 aromatic heterocycles. The molecule has 0 spiro atoms. The number of methoxy groups -OCH3 is 1. The van der Waals surface area contributed by atoms with Crippen molar-refractivity contribution in [1.29, 1.82) is 0 Å². The van der Waals surface area contributed by atoms with E-state index in [1.54, 1.807) is 42.5 Å². The van der Waals surface area contributed by atoms with Crippen LogP contribution in [-0.2, 0) is 11.2 Å². The molecular formula is C26H23N3O4S. The Labute approximate surface area is 200 Å². The number of thioether (sulfide) groups is 1. The normalized spacial score (nSPS) is 10.8. The monoisotopic (exact) mass is 473 g/mol. The molecular weight excluding hydrogens is 450 g/mol. The third-order valence-corrected chi connectivity index (χ3v) is 6.22. The molecule has 0 atom stereocenters. The van der Waals surface area contributed by atoms with Gasteiger partial charge in [-0.2, -0.15) is 0 Å². The van der Waals surface area contributed by atoms with Crippen LogP contribution in [0.4, 0.5) is 0 Å². The third kappa shape index (κ3) is 5.02. The van der Waals surface area contributed by atoms with Crippen molar-refractivity contribution in [1.82, 2.24) is 14.9 Å². The maximum Gasteiger partial charge on any atom is 0.266 e. The van der Waals surface area contributed by atoms with Gasteiger partial charge in [-0.25, -0.2) is 4.98 Å². The molecule has 3 aromatic carbocycles. The summed E-state index contributed by atoms with van der Waals surface area (Å²) < 4.78 is 6.59. The second kappa shape index (κ2) is 10.4. The van der Waals surface area contributed by atoms with Crippen LogP contribution in [0, 0.1) is 0 Å². The first-order valence-corrected chi connectivity index (χ1v) is 11.7. The average molecular weight is 474 g/mol.